The van der Waals surface area contributed by atoms with Gasteiger partial charge in [0, 0.05) is 25.6 Å². The zero-order valence-electron chi connectivity index (χ0n) is 14.7. The highest BCUT2D eigenvalue weighted by molar-refractivity contribution is 5.78. The number of carbonyl (C=O) groups is 1. The smallest absolute Gasteiger partial charge is 0.222 e. The maximum absolute atomic E-state index is 12.0. The van der Waals surface area contributed by atoms with Crippen molar-refractivity contribution in [2.24, 2.45) is 5.92 Å². The molecule has 0 radical (unpaired) electrons. The maximum Gasteiger partial charge on any atom is 0.222 e. The molecule has 0 bridgehead atoms. The number of likely N-dealkylation sites (tertiary alicyclic amines) is 1. The van der Waals surface area contributed by atoms with E-state index in [-0.39, 0.29) is 0 Å². The zero-order chi connectivity index (χ0) is 16.7. The summed E-state index contributed by atoms with van der Waals surface area (Å²) in [6, 6.07) is 8.56. The number of nitrogens with one attached hydrogen (secondary N) is 1. The lowest BCUT2D eigenvalue weighted by Crippen LogP contribution is -2.36. The van der Waals surface area contributed by atoms with Gasteiger partial charge in [-0.1, -0.05) is 26.0 Å². The van der Waals surface area contributed by atoms with Crippen molar-refractivity contribution in [1.82, 2.24) is 10.2 Å². The number of amides is 1. The largest absolute Gasteiger partial charge is 0.497 e. The van der Waals surface area contributed by atoms with Crippen LogP contribution in [0.4, 0.5) is 0 Å². The first kappa shape index (κ1) is 17.8. The van der Waals surface area contributed by atoms with Gasteiger partial charge in [-0.05, 0) is 49.4 Å². The van der Waals surface area contributed by atoms with E-state index in [1.54, 1.807) is 7.11 Å². The molecular weight excluding hydrogens is 288 g/mol. The van der Waals surface area contributed by atoms with Crippen LogP contribution in [-0.2, 0) is 11.3 Å². The Labute approximate surface area is 140 Å². The van der Waals surface area contributed by atoms with Gasteiger partial charge < -0.3 is 15.0 Å². The van der Waals surface area contributed by atoms with Crippen molar-refractivity contribution in [3.63, 3.8) is 0 Å². The van der Waals surface area contributed by atoms with Gasteiger partial charge in [-0.25, -0.2) is 0 Å². The Hall–Kier alpha value is -1.55. The van der Waals surface area contributed by atoms with Gasteiger partial charge >= 0.3 is 0 Å². The molecule has 1 amide bonds. The number of nitrogens with zero attached hydrogens (tertiary/aromatic N) is 1. The molecule has 0 aromatic heterocycles. The van der Waals surface area contributed by atoms with Gasteiger partial charge in [-0.2, -0.15) is 0 Å². The van der Waals surface area contributed by atoms with Gasteiger partial charge in [0.15, 0.2) is 0 Å². The average molecular weight is 318 g/mol. The van der Waals surface area contributed by atoms with Gasteiger partial charge in [-0.15, -0.1) is 0 Å². The molecule has 1 saturated heterocycles. The van der Waals surface area contributed by atoms with Crippen molar-refractivity contribution in [2.75, 3.05) is 20.2 Å². The first-order chi connectivity index (χ1) is 11.1. The number of rotatable bonds is 9. The van der Waals surface area contributed by atoms with E-state index < -0.39 is 0 Å². The average Bonchev–Trinajstić information content (AvgIpc) is 2.90. The van der Waals surface area contributed by atoms with Crippen molar-refractivity contribution in [3.8, 4) is 5.75 Å². The van der Waals surface area contributed by atoms with Crippen LogP contribution in [0.2, 0.25) is 0 Å². The van der Waals surface area contributed by atoms with Crippen LogP contribution >= 0.6 is 0 Å². The highest BCUT2D eigenvalue weighted by Gasteiger charge is 2.29. The van der Waals surface area contributed by atoms with Gasteiger partial charge in [0.2, 0.25) is 5.91 Å². The topological polar surface area (TPSA) is 41.6 Å². The highest BCUT2D eigenvalue weighted by Crippen LogP contribution is 2.22. The van der Waals surface area contributed by atoms with Gasteiger partial charge in [0.1, 0.15) is 5.75 Å². The molecule has 1 aliphatic rings. The second-order valence-electron chi connectivity index (χ2n) is 6.78. The van der Waals surface area contributed by atoms with Gasteiger partial charge in [0.25, 0.3) is 0 Å². The number of methoxy groups -OCH3 is 1. The van der Waals surface area contributed by atoms with Crippen LogP contribution < -0.4 is 10.1 Å². The maximum atomic E-state index is 12.0. The third-order valence-electron chi connectivity index (χ3n) is 4.54. The van der Waals surface area contributed by atoms with E-state index in [2.05, 4.69) is 36.2 Å². The molecule has 0 aliphatic carbocycles. The molecule has 1 heterocycles. The van der Waals surface area contributed by atoms with Crippen LogP contribution in [0.15, 0.2) is 24.3 Å². The molecule has 0 spiro atoms. The monoisotopic (exact) mass is 318 g/mol. The molecule has 2 rings (SSSR count). The standard InChI is InChI=1S/C19H30N2O2/c1-15(2)11-13-21-17(6-9-19(21)22)10-12-20-14-16-4-7-18(23-3)8-5-16/h4-5,7-8,15,17,20H,6,9-14H2,1-3H3/t17-/m1/s1. The van der Waals surface area contributed by atoms with Crippen molar-refractivity contribution >= 4 is 5.91 Å². The quantitative estimate of drug-likeness (QED) is 0.711. The van der Waals surface area contributed by atoms with Crippen LogP contribution in [0, 0.1) is 5.92 Å². The molecule has 4 nitrogen and oxygen atoms in total. The number of hydrogen-bond donors (Lipinski definition) is 1. The fourth-order valence-electron chi connectivity index (χ4n) is 3.04. The molecule has 1 aliphatic heterocycles. The molecule has 4 heteroatoms. The number of ether oxygens (including phenoxy) is 1. The molecule has 128 valence electrons. The summed E-state index contributed by atoms with van der Waals surface area (Å²) in [6.45, 7) is 7.15. The molecule has 0 saturated carbocycles. The van der Waals surface area contributed by atoms with Crippen LogP contribution in [0.3, 0.4) is 0 Å². The van der Waals surface area contributed by atoms with E-state index in [1.807, 2.05) is 12.1 Å². The lowest BCUT2D eigenvalue weighted by Gasteiger charge is -2.25. The summed E-state index contributed by atoms with van der Waals surface area (Å²) in [5, 5.41) is 3.49. The molecule has 1 atom stereocenters. The lowest BCUT2D eigenvalue weighted by molar-refractivity contribution is -0.129. The molecule has 0 unspecified atom stereocenters. The SMILES string of the molecule is COc1ccc(CNCC[C@H]2CCC(=O)N2CCC(C)C)cc1. The Morgan fingerprint density at radius 2 is 2.04 bits per heavy atom. The molecule has 1 fully saturated rings. The van der Waals surface area contributed by atoms with E-state index in [0.717, 1.165) is 51.1 Å². The second kappa shape index (κ2) is 8.92. The Morgan fingerprint density at radius 1 is 1.30 bits per heavy atom. The van der Waals surface area contributed by atoms with Crippen molar-refractivity contribution in [2.45, 2.75) is 52.1 Å². The summed E-state index contributed by atoms with van der Waals surface area (Å²) in [6.07, 6.45) is 3.88. The molecule has 23 heavy (non-hydrogen) atoms. The van der Waals surface area contributed by atoms with E-state index >= 15 is 0 Å². The molecular formula is C19H30N2O2. The van der Waals surface area contributed by atoms with Crippen molar-refractivity contribution < 1.29 is 9.53 Å². The van der Waals surface area contributed by atoms with E-state index in [0.29, 0.717) is 17.9 Å². The Bertz CT molecular complexity index is 485. The van der Waals surface area contributed by atoms with Crippen LogP contribution in [-0.4, -0.2) is 37.0 Å². The number of benzene rings is 1. The van der Waals surface area contributed by atoms with Crippen LogP contribution in [0.5, 0.6) is 5.75 Å². The first-order valence-corrected chi connectivity index (χ1v) is 8.73. The minimum atomic E-state index is 0.339. The Balaban J connectivity index is 1.70. The molecule has 1 aromatic carbocycles. The predicted octanol–water partition coefficient (Wildman–Crippen LogP) is 3.21. The number of hydrogen-bond acceptors (Lipinski definition) is 3. The fraction of sp³-hybridized carbons (Fsp3) is 0.632. The summed E-state index contributed by atoms with van der Waals surface area (Å²) < 4.78 is 5.17. The summed E-state index contributed by atoms with van der Waals surface area (Å²) >= 11 is 0. The summed E-state index contributed by atoms with van der Waals surface area (Å²) in [4.78, 5) is 14.1. The molecule has 1 N–H and O–H groups in total. The fourth-order valence-corrected chi connectivity index (χ4v) is 3.04. The lowest BCUT2D eigenvalue weighted by atomic mass is 10.1. The van der Waals surface area contributed by atoms with Gasteiger partial charge in [-0.3, -0.25) is 4.79 Å². The van der Waals surface area contributed by atoms with Crippen molar-refractivity contribution in [1.29, 1.82) is 0 Å². The second-order valence-corrected chi connectivity index (χ2v) is 6.78. The number of carbonyl (C=O) groups excluding carboxylic acids is 1. The van der Waals surface area contributed by atoms with E-state index in [4.69, 9.17) is 4.74 Å². The Morgan fingerprint density at radius 3 is 2.70 bits per heavy atom. The summed E-state index contributed by atoms with van der Waals surface area (Å²) in [7, 11) is 1.68. The zero-order valence-corrected chi connectivity index (χ0v) is 14.7. The first-order valence-electron chi connectivity index (χ1n) is 8.73. The third kappa shape index (κ3) is 5.54. The minimum Gasteiger partial charge on any atom is -0.497 e. The van der Waals surface area contributed by atoms with E-state index in [1.165, 1.54) is 5.56 Å². The van der Waals surface area contributed by atoms with Crippen LogP contribution in [0.1, 0.15) is 45.1 Å². The Kier molecular flexibility index (Phi) is 6.90. The summed E-state index contributed by atoms with van der Waals surface area (Å²) in [5.74, 6) is 1.88. The molecule has 1 aromatic rings. The normalized spacial score (nSPS) is 18.0. The minimum absolute atomic E-state index is 0.339. The predicted molar refractivity (Wildman–Crippen MR) is 93.5 cm³/mol. The highest BCUT2D eigenvalue weighted by atomic mass is 16.5. The third-order valence-corrected chi connectivity index (χ3v) is 4.54. The van der Waals surface area contributed by atoms with Gasteiger partial charge in [0.05, 0.1) is 7.11 Å². The van der Waals surface area contributed by atoms with Crippen molar-refractivity contribution in [3.05, 3.63) is 29.8 Å². The van der Waals surface area contributed by atoms with E-state index in [9.17, 15) is 4.79 Å². The summed E-state index contributed by atoms with van der Waals surface area (Å²) in [5.41, 5.74) is 1.25. The van der Waals surface area contributed by atoms with Crippen LogP contribution in [0.25, 0.3) is 0 Å².